The Kier molecular flexibility index (Phi) is 4.91. The number of aromatic nitrogens is 2. The Hall–Kier alpha value is -2.84. The number of benzene rings is 1. The first-order valence-electron chi connectivity index (χ1n) is 6.90. The molecule has 1 heterocycles. The number of hydrogen-bond acceptors (Lipinski definition) is 4. The smallest absolute Gasteiger partial charge is 0.367 e. The molecule has 0 spiro atoms. The highest BCUT2D eigenvalue weighted by molar-refractivity contribution is 5.57. The van der Waals surface area contributed by atoms with Crippen LogP contribution in [0.3, 0.4) is 0 Å². The van der Waals surface area contributed by atoms with Gasteiger partial charge in [0.2, 0.25) is 0 Å². The third-order valence-corrected chi connectivity index (χ3v) is 3.03. The van der Waals surface area contributed by atoms with Crippen molar-refractivity contribution in [2.75, 3.05) is 26.2 Å². The minimum atomic E-state index is -4.49. The Labute approximate surface area is 136 Å². The molecule has 2 rings (SSSR count). The molecule has 0 amide bonds. The van der Waals surface area contributed by atoms with Gasteiger partial charge in [0.25, 0.3) is 5.56 Å². The monoisotopic (exact) mass is 339 g/mol. The van der Waals surface area contributed by atoms with Crippen molar-refractivity contribution < 1.29 is 13.2 Å². The van der Waals surface area contributed by atoms with Gasteiger partial charge in [-0.05, 0) is 18.2 Å². The molecule has 6 nitrogen and oxygen atoms in total. The third kappa shape index (κ3) is 4.12. The second-order valence-electron chi connectivity index (χ2n) is 5.23. The maximum atomic E-state index is 12.8. The van der Waals surface area contributed by atoms with Crippen molar-refractivity contribution in [1.29, 1.82) is 0 Å². The molecule has 0 radical (unpaired) electrons. The second kappa shape index (κ2) is 6.73. The number of anilines is 1. The fourth-order valence-electron chi connectivity index (χ4n) is 1.83. The largest absolute Gasteiger partial charge is 0.416 e. The number of hydrazone groups is 1. The summed E-state index contributed by atoms with van der Waals surface area (Å²) < 4.78 is 39.2. The van der Waals surface area contributed by atoms with Crippen LogP contribution in [0.2, 0.25) is 0 Å². The van der Waals surface area contributed by atoms with Crippen LogP contribution in [0.5, 0.6) is 0 Å². The number of nitrogens with zero attached hydrogens (tertiary/aromatic N) is 5. The molecule has 128 valence electrons. The maximum absolute atomic E-state index is 12.8. The van der Waals surface area contributed by atoms with Crippen molar-refractivity contribution in [3.05, 3.63) is 52.4 Å². The predicted octanol–water partition coefficient (Wildman–Crippen LogP) is 2.19. The van der Waals surface area contributed by atoms with Crippen molar-refractivity contribution in [1.82, 2.24) is 14.7 Å². The molecule has 24 heavy (non-hydrogen) atoms. The van der Waals surface area contributed by atoms with Gasteiger partial charge in [-0.25, -0.2) is 0 Å². The number of hydrogen-bond donors (Lipinski definition) is 0. The molecule has 0 N–H and O–H groups in total. The summed E-state index contributed by atoms with van der Waals surface area (Å²) in [5.74, 6) is 0. The van der Waals surface area contributed by atoms with Crippen molar-refractivity contribution >= 4 is 12.0 Å². The highest BCUT2D eigenvalue weighted by atomic mass is 19.4. The van der Waals surface area contributed by atoms with Gasteiger partial charge >= 0.3 is 6.18 Å². The van der Waals surface area contributed by atoms with Crippen LogP contribution in [-0.2, 0) is 6.18 Å². The van der Waals surface area contributed by atoms with Crippen LogP contribution >= 0.6 is 0 Å². The fraction of sp³-hybridized carbons (Fsp3) is 0.267. The maximum Gasteiger partial charge on any atom is 0.416 e. The number of alkyl halides is 3. The van der Waals surface area contributed by atoms with Gasteiger partial charge in [-0.1, -0.05) is 6.07 Å². The zero-order chi connectivity index (χ0) is 17.9. The lowest BCUT2D eigenvalue weighted by Gasteiger charge is -2.14. The summed E-state index contributed by atoms with van der Waals surface area (Å²) in [4.78, 5) is 13.9. The molecule has 0 bridgehead atoms. The lowest BCUT2D eigenvalue weighted by molar-refractivity contribution is -0.137. The Morgan fingerprint density at radius 2 is 1.92 bits per heavy atom. The van der Waals surface area contributed by atoms with Gasteiger partial charge in [0.1, 0.15) is 6.34 Å². The summed E-state index contributed by atoms with van der Waals surface area (Å²) in [6, 6.07) is 5.68. The normalized spacial score (nSPS) is 11.8. The molecule has 0 aliphatic carbocycles. The van der Waals surface area contributed by atoms with E-state index in [2.05, 4.69) is 10.2 Å². The summed E-state index contributed by atoms with van der Waals surface area (Å²) in [6.45, 7) is 0. The molecule has 1 aromatic carbocycles. The lowest BCUT2D eigenvalue weighted by atomic mass is 10.2. The molecule has 0 unspecified atom stereocenters. The quantitative estimate of drug-likeness (QED) is 0.487. The van der Waals surface area contributed by atoms with Crippen molar-refractivity contribution in [3.63, 3.8) is 0 Å². The van der Waals surface area contributed by atoms with E-state index in [-0.39, 0.29) is 5.69 Å². The second-order valence-corrected chi connectivity index (χ2v) is 5.23. The molecular formula is C15H16F3N5O. The molecular weight excluding hydrogens is 323 g/mol. The zero-order valence-corrected chi connectivity index (χ0v) is 13.3. The first-order chi connectivity index (χ1) is 11.2. The van der Waals surface area contributed by atoms with Crippen LogP contribution in [0, 0.1) is 0 Å². The van der Waals surface area contributed by atoms with Crippen LogP contribution < -0.4 is 10.6 Å². The minimum absolute atomic E-state index is 0.0424. The molecule has 9 heteroatoms. The summed E-state index contributed by atoms with van der Waals surface area (Å²) in [6.07, 6.45) is -1.59. The molecule has 0 aliphatic rings. The van der Waals surface area contributed by atoms with Gasteiger partial charge in [-0.3, -0.25) is 9.80 Å². The highest BCUT2D eigenvalue weighted by Gasteiger charge is 2.30. The van der Waals surface area contributed by atoms with Crippen LogP contribution in [0.1, 0.15) is 5.56 Å². The van der Waals surface area contributed by atoms with Crippen molar-refractivity contribution in [2.45, 2.75) is 6.18 Å². The predicted molar refractivity (Wildman–Crippen MR) is 85.4 cm³/mol. The van der Waals surface area contributed by atoms with Crippen LogP contribution in [0.15, 0.2) is 46.4 Å². The van der Waals surface area contributed by atoms with Crippen molar-refractivity contribution in [2.24, 2.45) is 5.10 Å². The average molecular weight is 339 g/mol. The van der Waals surface area contributed by atoms with E-state index in [0.717, 1.165) is 16.8 Å². The standard InChI is InChI=1S/C15H16F3N5O/c1-21(2)10-20-22(3)13-8-14(24)23(19-9-13)12-6-4-5-11(7-12)15(16,17)18/h4-10H,1-3H3. The highest BCUT2D eigenvalue weighted by Crippen LogP contribution is 2.29. The Balaban J connectivity index is 2.36. The van der Waals surface area contributed by atoms with Gasteiger partial charge in [0.05, 0.1) is 23.1 Å². The summed E-state index contributed by atoms with van der Waals surface area (Å²) >= 11 is 0. The molecule has 0 saturated heterocycles. The Morgan fingerprint density at radius 1 is 1.21 bits per heavy atom. The SMILES string of the molecule is CN(C)C=NN(C)c1cnn(-c2cccc(C(F)(F)F)c2)c(=O)c1. The van der Waals surface area contributed by atoms with Gasteiger partial charge in [0, 0.05) is 27.2 Å². The molecule has 0 aliphatic heterocycles. The van der Waals surface area contributed by atoms with E-state index in [1.807, 2.05) is 0 Å². The van der Waals surface area contributed by atoms with Crippen LogP contribution in [0.4, 0.5) is 18.9 Å². The van der Waals surface area contributed by atoms with Crippen molar-refractivity contribution in [3.8, 4) is 5.69 Å². The first kappa shape index (κ1) is 17.5. The van der Waals surface area contributed by atoms with E-state index >= 15 is 0 Å². The van der Waals surface area contributed by atoms with E-state index in [1.165, 1.54) is 29.4 Å². The van der Waals surface area contributed by atoms with Crippen LogP contribution in [-0.4, -0.2) is 42.2 Å². The lowest BCUT2D eigenvalue weighted by Crippen LogP contribution is -2.23. The van der Waals surface area contributed by atoms with E-state index in [9.17, 15) is 18.0 Å². The number of halogens is 3. The fourth-order valence-corrected chi connectivity index (χ4v) is 1.83. The zero-order valence-electron chi connectivity index (χ0n) is 13.3. The summed E-state index contributed by atoms with van der Waals surface area (Å²) in [5, 5.41) is 9.44. The van der Waals surface area contributed by atoms with Gasteiger partial charge in [-0.2, -0.15) is 28.1 Å². The van der Waals surface area contributed by atoms with Gasteiger partial charge in [-0.15, -0.1) is 0 Å². The Bertz CT molecular complexity index is 798. The number of rotatable bonds is 4. The summed E-state index contributed by atoms with van der Waals surface area (Å²) in [7, 11) is 5.22. The minimum Gasteiger partial charge on any atom is -0.367 e. The van der Waals surface area contributed by atoms with Gasteiger partial charge < -0.3 is 4.90 Å². The molecule has 0 atom stereocenters. The molecule has 0 saturated carbocycles. The molecule has 1 aromatic heterocycles. The van der Waals surface area contributed by atoms with Gasteiger partial charge in [0.15, 0.2) is 0 Å². The summed E-state index contributed by atoms with van der Waals surface area (Å²) in [5.41, 5.74) is -0.939. The van der Waals surface area contributed by atoms with E-state index in [1.54, 1.807) is 32.4 Å². The van der Waals surface area contributed by atoms with E-state index < -0.39 is 17.3 Å². The van der Waals surface area contributed by atoms with Crippen LogP contribution in [0.25, 0.3) is 5.69 Å². The topological polar surface area (TPSA) is 53.7 Å². The van der Waals surface area contributed by atoms with E-state index in [0.29, 0.717) is 5.69 Å². The third-order valence-electron chi connectivity index (χ3n) is 3.03. The molecule has 0 fully saturated rings. The average Bonchev–Trinajstić information content (AvgIpc) is 2.51. The molecule has 2 aromatic rings. The van der Waals surface area contributed by atoms with E-state index in [4.69, 9.17) is 0 Å². The Morgan fingerprint density at radius 3 is 2.50 bits per heavy atom. The first-order valence-corrected chi connectivity index (χ1v) is 6.90.